The van der Waals surface area contributed by atoms with Crippen molar-refractivity contribution in [1.82, 2.24) is 9.78 Å². The van der Waals surface area contributed by atoms with Gasteiger partial charge in [-0.05, 0) is 0 Å². The molecule has 0 fully saturated rings. The Morgan fingerprint density at radius 2 is 1.52 bits per heavy atom. The van der Waals surface area contributed by atoms with Gasteiger partial charge in [0.2, 0.25) is 0 Å². The third-order valence-electron chi connectivity index (χ3n) is 3.30. The average molecular weight is 372 g/mol. The van der Waals surface area contributed by atoms with Crippen molar-refractivity contribution in [2.75, 3.05) is 0 Å². The second kappa shape index (κ2) is 6.01. The Labute approximate surface area is 134 Å². The van der Waals surface area contributed by atoms with E-state index in [4.69, 9.17) is 0 Å². The summed E-state index contributed by atoms with van der Waals surface area (Å²) in [5.41, 5.74) is 1.60. The number of aromatic nitrogens is 2. The van der Waals surface area contributed by atoms with Gasteiger partial charge in [-0.1, -0.05) is 0 Å². The van der Waals surface area contributed by atoms with Crippen molar-refractivity contribution in [3.05, 3.63) is 77.1 Å². The van der Waals surface area contributed by atoms with Crippen LogP contribution in [0.15, 0.2) is 71.5 Å². The maximum absolute atomic E-state index is 12.0. The van der Waals surface area contributed by atoms with Gasteiger partial charge in [0.1, 0.15) is 0 Å². The van der Waals surface area contributed by atoms with E-state index in [1.807, 2.05) is 18.2 Å². The zero-order valence-corrected chi connectivity index (χ0v) is 13.8. The van der Waals surface area contributed by atoms with Crippen LogP contribution in [-0.4, -0.2) is 32.1 Å². The minimum atomic E-state index is -4.89. The molecule has 1 heterocycles. The van der Waals surface area contributed by atoms with Crippen LogP contribution in [0, 0.1) is 0 Å². The van der Waals surface area contributed by atoms with Gasteiger partial charge in [-0.3, -0.25) is 0 Å². The monoisotopic (exact) mass is 372 g/mol. The summed E-state index contributed by atoms with van der Waals surface area (Å²) in [4.78, 5) is 12.0. The molecule has 0 unspecified atom stereocenters. The third kappa shape index (κ3) is 3.34. The van der Waals surface area contributed by atoms with Gasteiger partial charge < -0.3 is 0 Å². The summed E-state index contributed by atoms with van der Waals surface area (Å²) in [5.74, 6) is 0. The molecular formula is C16H13AsN2O4. The van der Waals surface area contributed by atoms with E-state index in [-0.39, 0.29) is 9.91 Å². The van der Waals surface area contributed by atoms with Crippen LogP contribution in [0.5, 0.6) is 0 Å². The van der Waals surface area contributed by atoms with Crippen LogP contribution in [0.1, 0.15) is 0 Å². The third-order valence-corrected chi connectivity index (χ3v) is 5.34. The summed E-state index contributed by atoms with van der Waals surface area (Å²) < 4.78 is 30.9. The van der Waals surface area contributed by atoms with Gasteiger partial charge in [0.05, 0.1) is 0 Å². The zero-order chi connectivity index (χ0) is 16.4. The molecule has 0 atom stereocenters. The summed E-state index contributed by atoms with van der Waals surface area (Å²) in [5, 5.41) is 4.32. The van der Waals surface area contributed by atoms with Crippen molar-refractivity contribution in [3.8, 4) is 16.9 Å². The predicted molar refractivity (Wildman–Crippen MR) is 85.8 cm³/mol. The first-order valence-corrected chi connectivity index (χ1v) is 10.2. The van der Waals surface area contributed by atoms with Gasteiger partial charge >= 0.3 is 134 Å². The summed E-state index contributed by atoms with van der Waals surface area (Å²) in [6.07, 6.45) is 0. The van der Waals surface area contributed by atoms with Crippen molar-refractivity contribution >= 4 is 18.5 Å². The fourth-order valence-corrected chi connectivity index (χ4v) is 3.27. The Bertz CT molecular complexity index is 930. The van der Waals surface area contributed by atoms with Gasteiger partial charge in [-0.15, -0.1) is 0 Å². The number of hydrogen-bond acceptors (Lipinski definition) is 3. The van der Waals surface area contributed by atoms with E-state index in [9.17, 15) is 16.7 Å². The normalized spacial score (nSPS) is 11.4. The molecule has 0 radical (unpaired) electrons. The van der Waals surface area contributed by atoms with E-state index in [2.05, 4.69) is 5.10 Å². The number of nitrogens with zero attached hydrogens (tertiary/aromatic N) is 2. The number of hydrogen-bond donors (Lipinski definition) is 2. The first kappa shape index (κ1) is 15.5. The van der Waals surface area contributed by atoms with Crippen LogP contribution in [0.25, 0.3) is 16.9 Å². The molecule has 2 N–H and O–H groups in total. The minimum absolute atomic E-state index is 0.00301. The van der Waals surface area contributed by atoms with Crippen LogP contribution < -0.4 is 9.91 Å². The molecule has 6 nitrogen and oxygen atoms in total. The zero-order valence-electron chi connectivity index (χ0n) is 11.9. The molecule has 0 bridgehead atoms. The summed E-state index contributed by atoms with van der Waals surface area (Å²) in [6.45, 7) is 0. The van der Waals surface area contributed by atoms with Crippen LogP contribution in [0.4, 0.5) is 0 Å². The molecule has 116 valence electrons. The SMILES string of the molecule is O=c1ccc(-c2ccc([As](=O)(O)O)cc2)nn1-c1ccccc1. The Morgan fingerprint density at radius 3 is 2.13 bits per heavy atom. The molecule has 3 rings (SSSR count). The fourth-order valence-electron chi connectivity index (χ4n) is 2.15. The van der Waals surface area contributed by atoms with Crippen LogP contribution >= 0.6 is 0 Å². The fraction of sp³-hybridized carbons (Fsp3) is 0. The predicted octanol–water partition coefficient (Wildman–Crippen LogP) is 0.460. The molecule has 1 aromatic heterocycles. The van der Waals surface area contributed by atoms with Crippen LogP contribution in [-0.2, 0) is 3.74 Å². The molecule has 0 spiro atoms. The van der Waals surface area contributed by atoms with E-state index in [0.29, 0.717) is 16.9 Å². The standard InChI is InChI=1S/C16H13AsN2O4/c20-16-11-10-15(18-19(16)14-4-2-1-3-5-14)12-6-8-13(9-7-12)17(21,22)23/h1-11H,(H2,21,22,23). The molecule has 3 aromatic rings. The second-order valence-corrected chi connectivity index (χ2v) is 8.26. The first-order chi connectivity index (χ1) is 10.9. The van der Waals surface area contributed by atoms with Crippen molar-refractivity contribution in [3.63, 3.8) is 0 Å². The quantitative estimate of drug-likeness (QED) is 0.652. The van der Waals surface area contributed by atoms with E-state index >= 15 is 0 Å². The molecular weight excluding hydrogens is 359 g/mol. The van der Waals surface area contributed by atoms with Gasteiger partial charge in [0, 0.05) is 0 Å². The van der Waals surface area contributed by atoms with E-state index in [1.54, 1.807) is 30.3 Å². The Morgan fingerprint density at radius 1 is 0.870 bits per heavy atom. The van der Waals surface area contributed by atoms with Gasteiger partial charge in [-0.25, -0.2) is 0 Å². The number of rotatable bonds is 3. The Balaban J connectivity index is 2.05. The van der Waals surface area contributed by atoms with E-state index in [1.165, 1.54) is 22.9 Å². The van der Waals surface area contributed by atoms with Crippen molar-refractivity contribution in [2.24, 2.45) is 0 Å². The van der Waals surface area contributed by atoms with Crippen molar-refractivity contribution < 1.29 is 11.9 Å². The molecule has 23 heavy (non-hydrogen) atoms. The second-order valence-electron chi connectivity index (χ2n) is 4.90. The van der Waals surface area contributed by atoms with Crippen LogP contribution in [0.2, 0.25) is 0 Å². The topological polar surface area (TPSA) is 92.4 Å². The summed E-state index contributed by atoms with van der Waals surface area (Å²) in [7, 11) is 0. The maximum atomic E-state index is 12.0. The van der Waals surface area contributed by atoms with E-state index in [0.717, 1.165) is 0 Å². The average Bonchev–Trinajstić information content (AvgIpc) is 2.55. The van der Waals surface area contributed by atoms with Gasteiger partial charge in [-0.2, -0.15) is 0 Å². The molecule has 0 aliphatic heterocycles. The van der Waals surface area contributed by atoms with Gasteiger partial charge in [0.15, 0.2) is 0 Å². The summed E-state index contributed by atoms with van der Waals surface area (Å²) in [6, 6.07) is 17.9. The molecule has 2 aromatic carbocycles. The molecule has 0 saturated carbocycles. The number of benzene rings is 2. The van der Waals surface area contributed by atoms with Crippen LogP contribution in [0.3, 0.4) is 0 Å². The molecule has 0 saturated heterocycles. The van der Waals surface area contributed by atoms with Crippen molar-refractivity contribution in [2.45, 2.75) is 0 Å². The Hall–Kier alpha value is -2.40. The van der Waals surface area contributed by atoms with Gasteiger partial charge in [0.25, 0.3) is 0 Å². The Kier molecular flexibility index (Phi) is 4.05. The van der Waals surface area contributed by atoms with Crippen molar-refractivity contribution in [1.29, 1.82) is 0 Å². The number of para-hydroxylation sites is 1. The molecule has 0 amide bonds. The van der Waals surface area contributed by atoms with E-state index < -0.39 is 14.2 Å². The first-order valence-electron chi connectivity index (χ1n) is 6.77. The molecule has 7 heteroatoms. The summed E-state index contributed by atoms with van der Waals surface area (Å²) >= 11 is -4.89. The molecule has 0 aliphatic rings. The molecule has 0 aliphatic carbocycles.